The van der Waals surface area contributed by atoms with Crippen molar-refractivity contribution in [2.24, 2.45) is 17.8 Å². The van der Waals surface area contributed by atoms with Crippen LogP contribution >= 0.6 is 0 Å². The second-order valence-corrected chi connectivity index (χ2v) is 7.91. The van der Waals surface area contributed by atoms with Crippen LogP contribution in [0.2, 0.25) is 0 Å². The first-order valence-corrected chi connectivity index (χ1v) is 9.98. The highest BCUT2D eigenvalue weighted by Gasteiger charge is 2.41. The Morgan fingerprint density at radius 3 is 2.46 bits per heavy atom. The lowest BCUT2D eigenvalue weighted by Gasteiger charge is -2.43. The molecular formula is C24H30O4. The van der Waals surface area contributed by atoms with Crippen molar-refractivity contribution in [2.45, 2.75) is 47.0 Å². The quantitative estimate of drug-likeness (QED) is 0.664. The topological polar surface area (TPSA) is 44.8 Å². The average molecular weight is 383 g/mol. The van der Waals surface area contributed by atoms with E-state index in [1.807, 2.05) is 18.2 Å². The third-order valence-corrected chi connectivity index (χ3v) is 5.89. The van der Waals surface area contributed by atoms with Crippen LogP contribution in [0.25, 0.3) is 11.1 Å². The summed E-state index contributed by atoms with van der Waals surface area (Å²) in [6.07, 6.45) is -0.566. The van der Waals surface area contributed by atoms with Crippen molar-refractivity contribution in [2.75, 3.05) is 6.61 Å². The van der Waals surface area contributed by atoms with Crippen molar-refractivity contribution < 1.29 is 19.0 Å². The van der Waals surface area contributed by atoms with Gasteiger partial charge in [0.25, 0.3) is 0 Å². The van der Waals surface area contributed by atoms with Gasteiger partial charge in [0.1, 0.15) is 12.4 Å². The van der Waals surface area contributed by atoms with E-state index in [2.05, 4.69) is 58.0 Å². The maximum atomic E-state index is 11.2. The Morgan fingerprint density at radius 1 is 1.00 bits per heavy atom. The van der Waals surface area contributed by atoms with Crippen LogP contribution in [0.5, 0.6) is 5.75 Å². The molecule has 0 spiro atoms. The summed E-state index contributed by atoms with van der Waals surface area (Å²) in [6, 6.07) is 16.4. The van der Waals surface area contributed by atoms with Gasteiger partial charge in [-0.25, -0.2) is 0 Å². The lowest BCUT2D eigenvalue weighted by Crippen LogP contribution is -2.49. The van der Waals surface area contributed by atoms with Crippen molar-refractivity contribution >= 4 is 5.97 Å². The molecule has 4 nitrogen and oxygen atoms in total. The van der Waals surface area contributed by atoms with Gasteiger partial charge in [0.05, 0.1) is 6.10 Å². The van der Waals surface area contributed by atoms with E-state index in [0.29, 0.717) is 5.92 Å². The second kappa shape index (κ2) is 8.78. The van der Waals surface area contributed by atoms with E-state index in [1.54, 1.807) is 0 Å². The minimum Gasteiger partial charge on any atom is -0.464 e. The van der Waals surface area contributed by atoms with E-state index in [0.717, 1.165) is 16.9 Å². The number of benzene rings is 2. The van der Waals surface area contributed by atoms with Crippen LogP contribution in [-0.4, -0.2) is 25.0 Å². The molecule has 1 aliphatic rings. The van der Waals surface area contributed by atoms with Crippen molar-refractivity contribution in [3.05, 3.63) is 54.1 Å². The summed E-state index contributed by atoms with van der Waals surface area (Å²) >= 11 is 0. The Bertz CT molecular complexity index is 816. The third kappa shape index (κ3) is 4.56. The molecule has 0 N–H and O–H groups in total. The van der Waals surface area contributed by atoms with Crippen molar-refractivity contribution in [1.29, 1.82) is 0 Å². The standard InChI is InChI=1S/C24H30O4/c1-15-9-8-10-20(13-15)21-11-6-7-12-22(21)27-24-18(4)16(2)17(3)23(28-24)14-26-19(5)25/h6-13,16-18,23-24H,14H2,1-5H3/t16-,17+,18+,23+,24+/m0/s1. The maximum absolute atomic E-state index is 11.2. The second-order valence-electron chi connectivity index (χ2n) is 7.91. The number of ether oxygens (including phenoxy) is 3. The molecule has 1 aliphatic heterocycles. The molecule has 2 aromatic carbocycles. The predicted molar refractivity (Wildman–Crippen MR) is 110 cm³/mol. The van der Waals surface area contributed by atoms with Gasteiger partial charge >= 0.3 is 5.97 Å². The zero-order valence-electron chi connectivity index (χ0n) is 17.3. The fourth-order valence-corrected chi connectivity index (χ4v) is 3.76. The summed E-state index contributed by atoms with van der Waals surface area (Å²) in [4.78, 5) is 11.2. The molecule has 0 saturated carbocycles. The van der Waals surface area contributed by atoms with E-state index in [1.165, 1.54) is 12.5 Å². The molecule has 150 valence electrons. The summed E-state index contributed by atoms with van der Waals surface area (Å²) in [5.74, 6) is 1.39. The van der Waals surface area contributed by atoms with Gasteiger partial charge in [-0.3, -0.25) is 4.79 Å². The Morgan fingerprint density at radius 2 is 1.75 bits per heavy atom. The molecule has 1 saturated heterocycles. The van der Waals surface area contributed by atoms with Crippen molar-refractivity contribution in [3.63, 3.8) is 0 Å². The van der Waals surface area contributed by atoms with E-state index in [4.69, 9.17) is 14.2 Å². The van der Waals surface area contributed by atoms with Crippen LogP contribution in [0.4, 0.5) is 0 Å². The zero-order valence-corrected chi connectivity index (χ0v) is 17.3. The lowest BCUT2D eigenvalue weighted by molar-refractivity contribution is -0.223. The number of carbonyl (C=O) groups excluding carboxylic acids is 1. The van der Waals surface area contributed by atoms with Gasteiger partial charge in [0.15, 0.2) is 0 Å². The van der Waals surface area contributed by atoms with E-state index in [9.17, 15) is 4.79 Å². The first-order chi connectivity index (χ1) is 13.4. The molecular weight excluding hydrogens is 352 g/mol. The van der Waals surface area contributed by atoms with Crippen LogP contribution in [0, 0.1) is 24.7 Å². The van der Waals surface area contributed by atoms with Gasteiger partial charge in [-0.05, 0) is 30.4 Å². The van der Waals surface area contributed by atoms with Gasteiger partial charge in [0.2, 0.25) is 6.29 Å². The van der Waals surface area contributed by atoms with Gasteiger partial charge in [-0.2, -0.15) is 0 Å². The number of esters is 1. The predicted octanol–water partition coefficient (Wildman–Crippen LogP) is 5.24. The number of para-hydroxylation sites is 1. The van der Waals surface area contributed by atoms with Crippen LogP contribution in [0.15, 0.2) is 48.5 Å². The number of hydrogen-bond acceptors (Lipinski definition) is 4. The summed E-state index contributed by atoms with van der Waals surface area (Å²) in [7, 11) is 0. The molecule has 0 radical (unpaired) electrons. The SMILES string of the molecule is CC(=O)OC[C@H]1O[C@@H](Oc2ccccc2-c2cccc(C)c2)[C@H](C)[C@@H](C)[C@H]1C. The fourth-order valence-electron chi connectivity index (χ4n) is 3.76. The van der Waals surface area contributed by atoms with Crippen molar-refractivity contribution in [3.8, 4) is 16.9 Å². The van der Waals surface area contributed by atoms with Gasteiger partial charge in [0, 0.05) is 18.4 Å². The molecule has 0 aliphatic carbocycles. The average Bonchev–Trinajstić information content (AvgIpc) is 2.67. The number of carbonyl (C=O) groups is 1. The first kappa shape index (κ1) is 20.4. The summed E-state index contributed by atoms with van der Waals surface area (Å²) in [6.45, 7) is 10.3. The summed E-state index contributed by atoms with van der Waals surface area (Å²) in [5, 5.41) is 0. The van der Waals surface area contributed by atoms with Gasteiger partial charge in [-0.15, -0.1) is 0 Å². The highest BCUT2D eigenvalue weighted by Crippen LogP contribution is 2.38. The molecule has 0 bridgehead atoms. The Labute approximate surface area is 167 Å². The largest absolute Gasteiger partial charge is 0.464 e. The molecule has 0 unspecified atom stereocenters. The van der Waals surface area contributed by atoms with Gasteiger partial charge < -0.3 is 14.2 Å². The molecule has 28 heavy (non-hydrogen) atoms. The van der Waals surface area contributed by atoms with E-state index in [-0.39, 0.29) is 30.5 Å². The number of rotatable bonds is 5. The molecule has 0 amide bonds. The molecule has 2 aromatic rings. The summed E-state index contributed by atoms with van der Waals surface area (Å²) < 4.78 is 17.9. The Kier molecular flexibility index (Phi) is 6.40. The molecule has 5 atom stereocenters. The van der Waals surface area contributed by atoms with Crippen LogP contribution in [-0.2, 0) is 14.3 Å². The summed E-state index contributed by atoms with van der Waals surface area (Å²) in [5.41, 5.74) is 3.38. The molecule has 1 fully saturated rings. The Hall–Kier alpha value is -2.33. The van der Waals surface area contributed by atoms with Crippen LogP contribution in [0.3, 0.4) is 0 Å². The monoisotopic (exact) mass is 382 g/mol. The first-order valence-electron chi connectivity index (χ1n) is 9.98. The van der Waals surface area contributed by atoms with Gasteiger partial charge in [-0.1, -0.05) is 68.8 Å². The van der Waals surface area contributed by atoms with E-state index >= 15 is 0 Å². The van der Waals surface area contributed by atoms with Crippen molar-refractivity contribution in [1.82, 2.24) is 0 Å². The van der Waals surface area contributed by atoms with Crippen LogP contribution < -0.4 is 4.74 Å². The number of aryl methyl sites for hydroxylation is 1. The van der Waals surface area contributed by atoms with Crippen LogP contribution in [0.1, 0.15) is 33.3 Å². The zero-order chi connectivity index (χ0) is 20.3. The smallest absolute Gasteiger partial charge is 0.302 e. The third-order valence-electron chi connectivity index (χ3n) is 5.89. The lowest BCUT2D eigenvalue weighted by atomic mass is 9.79. The molecule has 1 heterocycles. The number of hydrogen-bond donors (Lipinski definition) is 0. The molecule has 3 rings (SSSR count). The minimum atomic E-state index is -0.391. The minimum absolute atomic E-state index is 0.175. The fraction of sp³-hybridized carbons (Fsp3) is 0.458. The highest BCUT2D eigenvalue weighted by atomic mass is 16.7. The van der Waals surface area contributed by atoms with E-state index < -0.39 is 6.29 Å². The maximum Gasteiger partial charge on any atom is 0.302 e. The Balaban J connectivity index is 1.83. The highest BCUT2D eigenvalue weighted by molar-refractivity contribution is 5.70. The molecule has 0 aromatic heterocycles. The molecule has 4 heteroatoms. The normalized spacial score (nSPS) is 27.2.